The first-order valence-corrected chi connectivity index (χ1v) is 10.3. The lowest BCUT2D eigenvalue weighted by molar-refractivity contribution is -0.117. The lowest BCUT2D eigenvalue weighted by Crippen LogP contribution is -2.50. The fourth-order valence-electron chi connectivity index (χ4n) is 3.55. The quantitative estimate of drug-likeness (QED) is 0.684. The van der Waals surface area contributed by atoms with E-state index in [9.17, 15) is 9.59 Å². The van der Waals surface area contributed by atoms with E-state index < -0.39 is 0 Å². The van der Waals surface area contributed by atoms with Crippen LogP contribution in [0.5, 0.6) is 0 Å². The topological polar surface area (TPSA) is 57.6 Å². The van der Waals surface area contributed by atoms with Crippen LogP contribution in [-0.2, 0) is 4.79 Å². The molecule has 30 heavy (non-hydrogen) atoms. The van der Waals surface area contributed by atoms with E-state index in [1.165, 1.54) is 0 Å². The molecule has 1 saturated heterocycles. The first-order chi connectivity index (χ1) is 14.6. The number of para-hydroxylation sites is 1. The number of hydrogen-bond donors (Lipinski definition) is 1. The van der Waals surface area contributed by atoms with Crippen molar-refractivity contribution in [3.63, 3.8) is 0 Å². The highest BCUT2D eigenvalue weighted by molar-refractivity contribution is 6.33. The van der Waals surface area contributed by atoms with Crippen molar-refractivity contribution < 1.29 is 9.59 Å². The molecule has 1 aliphatic heterocycles. The molecule has 2 heterocycles. The third-order valence-corrected chi connectivity index (χ3v) is 5.50. The molecule has 0 unspecified atom stereocenters. The van der Waals surface area contributed by atoms with Crippen LogP contribution in [0.25, 0.3) is 5.69 Å². The Hall–Kier alpha value is -3.09. The molecule has 154 valence electrons. The minimum Gasteiger partial charge on any atom is -0.336 e. The molecular formula is C23H23ClN4O2. The first kappa shape index (κ1) is 20.2. The third kappa shape index (κ3) is 4.72. The molecule has 2 aromatic carbocycles. The molecule has 4 rings (SSSR count). The predicted octanol–water partition coefficient (Wildman–Crippen LogP) is 3.53. The second kappa shape index (κ2) is 9.15. The minimum atomic E-state index is -0.109. The number of anilines is 1. The van der Waals surface area contributed by atoms with E-state index in [0.717, 1.165) is 5.69 Å². The van der Waals surface area contributed by atoms with Gasteiger partial charge in [-0.15, -0.1) is 0 Å². The van der Waals surface area contributed by atoms with Gasteiger partial charge >= 0.3 is 0 Å². The lowest BCUT2D eigenvalue weighted by atomic mass is 10.1. The Morgan fingerprint density at radius 3 is 2.37 bits per heavy atom. The number of piperazine rings is 1. The van der Waals surface area contributed by atoms with Crippen molar-refractivity contribution in [2.24, 2.45) is 0 Å². The van der Waals surface area contributed by atoms with Gasteiger partial charge in [-0.05, 0) is 42.5 Å². The van der Waals surface area contributed by atoms with Gasteiger partial charge in [-0.3, -0.25) is 14.5 Å². The average Bonchev–Trinajstić information content (AvgIpc) is 3.31. The van der Waals surface area contributed by atoms with Gasteiger partial charge in [0.1, 0.15) is 0 Å². The molecule has 2 amide bonds. The van der Waals surface area contributed by atoms with Gasteiger partial charge in [-0.1, -0.05) is 29.8 Å². The highest BCUT2D eigenvalue weighted by Gasteiger charge is 2.23. The monoisotopic (exact) mass is 422 g/mol. The van der Waals surface area contributed by atoms with Gasteiger partial charge in [-0.2, -0.15) is 0 Å². The van der Waals surface area contributed by atoms with Crippen LogP contribution >= 0.6 is 11.6 Å². The molecule has 7 heteroatoms. The molecule has 6 nitrogen and oxygen atoms in total. The summed E-state index contributed by atoms with van der Waals surface area (Å²) in [6.07, 6.45) is 3.91. The Labute approximate surface area is 180 Å². The molecule has 1 aliphatic rings. The van der Waals surface area contributed by atoms with Crippen molar-refractivity contribution in [1.29, 1.82) is 0 Å². The van der Waals surface area contributed by atoms with E-state index in [-0.39, 0.29) is 18.4 Å². The van der Waals surface area contributed by atoms with Crippen molar-refractivity contribution in [3.05, 3.63) is 83.6 Å². The molecule has 0 radical (unpaired) electrons. The largest absolute Gasteiger partial charge is 0.336 e. The molecule has 1 fully saturated rings. The molecule has 1 aromatic heterocycles. The van der Waals surface area contributed by atoms with E-state index in [2.05, 4.69) is 5.32 Å². The van der Waals surface area contributed by atoms with E-state index in [0.29, 0.717) is 42.5 Å². The van der Waals surface area contributed by atoms with Gasteiger partial charge < -0.3 is 14.8 Å². The molecule has 0 bridgehead atoms. The van der Waals surface area contributed by atoms with Crippen LogP contribution in [0.3, 0.4) is 0 Å². The maximum absolute atomic E-state index is 12.9. The summed E-state index contributed by atoms with van der Waals surface area (Å²) in [6, 6.07) is 18.7. The van der Waals surface area contributed by atoms with Crippen LogP contribution in [0, 0.1) is 0 Å². The van der Waals surface area contributed by atoms with Gasteiger partial charge in [0.25, 0.3) is 5.91 Å². The molecule has 0 spiro atoms. The Kier molecular flexibility index (Phi) is 6.16. The van der Waals surface area contributed by atoms with E-state index in [4.69, 9.17) is 11.6 Å². The number of aromatic nitrogens is 1. The molecule has 1 N–H and O–H groups in total. The van der Waals surface area contributed by atoms with E-state index in [1.807, 2.05) is 75.3 Å². The van der Waals surface area contributed by atoms with Gasteiger partial charge in [0, 0.05) is 49.8 Å². The van der Waals surface area contributed by atoms with E-state index >= 15 is 0 Å². The van der Waals surface area contributed by atoms with Crippen molar-refractivity contribution in [1.82, 2.24) is 14.4 Å². The summed E-state index contributed by atoms with van der Waals surface area (Å²) in [5.41, 5.74) is 2.24. The summed E-state index contributed by atoms with van der Waals surface area (Å²) in [4.78, 5) is 29.2. The summed E-state index contributed by atoms with van der Waals surface area (Å²) >= 11 is 6.09. The van der Waals surface area contributed by atoms with Gasteiger partial charge in [-0.25, -0.2) is 0 Å². The summed E-state index contributed by atoms with van der Waals surface area (Å²) in [5.74, 6) is -0.0912. The van der Waals surface area contributed by atoms with Crippen LogP contribution in [0.2, 0.25) is 5.02 Å². The SMILES string of the molecule is O=C(CN1CCN(C(=O)c2cccc(-n3cccc3)c2)CC1)Nc1ccccc1Cl. The van der Waals surface area contributed by atoms with Crippen LogP contribution in [0.15, 0.2) is 73.1 Å². The van der Waals surface area contributed by atoms with E-state index in [1.54, 1.807) is 12.1 Å². The van der Waals surface area contributed by atoms with Gasteiger partial charge in [0.05, 0.1) is 17.3 Å². The minimum absolute atomic E-state index is 0.0178. The number of carbonyl (C=O) groups is 2. The van der Waals surface area contributed by atoms with Crippen molar-refractivity contribution >= 4 is 29.1 Å². The first-order valence-electron chi connectivity index (χ1n) is 9.89. The maximum Gasteiger partial charge on any atom is 0.254 e. The number of rotatable bonds is 5. The Balaban J connectivity index is 1.31. The smallest absolute Gasteiger partial charge is 0.254 e. The second-order valence-electron chi connectivity index (χ2n) is 7.24. The Bertz CT molecular complexity index is 1030. The number of carbonyl (C=O) groups excluding carboxylic acids is 2. The van der Waals surface area contributed by atoms with Crippen molar-refractivity contribution in [2.45, 2.75) is 0 Å². The van der Waals surface area contributed by atoms with Crippen LogP contribution in [0.1, 0.15) is 10.4 Å². The predicted molar refractivity (Wildman–Crippen MR) is 118 cm³/mol. The fraction of sp³-hybridized carbons (Fsp3) is 0.217. The maximum atomic E-state index is 12.9. The lowest BCUT2D eigenvalue weighted by Gasteiger charge is -2.34. The number of hydrogen-bond acceptors (Lipinski definition) is 3. The van der Waals surface area contributed by atoms with Crippen LogP contribution < -0.4 is 5.32 Å². The van der Waals surface area contributed by atoms with Crippen molar-refractivity contribution in [3.8, 4) is 5.69 Å². The van der Waals surface area contributed by atoms with Gasteiger partial charge in [0.2, 0.25) is 5.91 Å². The highest BCUT2D eigenvalue weighted by atomic mass is 35.5. The number of nitrogens with one attached hydrogen (secondary N) is 1. The summed E-state index contributed by atoms with van der Waals surface area (Å²) in [6.45, 7) is 2.76. The summed E-state index contributed by atoms with van der Waals surface area (Å²) in [5, 5.41) is 3.36. The molecular weight excluding hydrogens is 400 g/mol. The number of amides is 2. The second-order valence-corrected chi connectivity index (χ2v) is 7.64. The average molecular weight is 423 g/mol. The standard InChI is InChI=1S/C23H23ClN4O2/c24-20-8-1-2-9-21(20)25-22(29)17-26-12-14-28(15-13-26)23(30)18-6-5-7-19(16-18)27-10-3-4-11-27/h1-11,16H,12-15,17H2,(H,25,29). The number of halogens is 1. The Morgan fingerprint density at radius 2 is 1.63 bits per heavy atom. The van der Waals surface area contributed by atoms with Crippen LogP contribution in [-0.4, -0.2) is 58.9 Å². The molecule has 0 aliphatic carbocycles. The fourth-order valence-corrected chi connectivity index (χ4v) is 3.74. The number of benzene rings is 2. The zero-order valence-electron chi connectivity index (χ0n) is 16.5. The van der Waals surface area contributed by atoms with Crippen molar-refractivity contribution in [2.75, 3.05) is 38.0 Å². The summed E-state index contributed by atoms with van der Waals surface area (Å²) in [7, 11) is 0. The highest BCUT2D eigenvalue weighted by Crippen LogP contribution is 2.20. The number of nitrogens with zero attached hydrogens (tertiary/aromatic N) is 3. The molecule has 0 atom stereocenters. The normalized spacial score (nSPS) is 14.5. The zero-order valence-corrected chi connectivity index (χ0v) is 17.3. The third-order valence-electron chi connectivity index (χ3n) is 5.17. The Morgan fingerprint density at radius 1 is 0.900 bits per heavy atom. The zero-order chi connectivity index (χ0) is 20.9. The van der Waals surface area contributed by atoms with Gasteiger partial charge in [0.15, 0.2) is 0 Å². The molecule has 0 saturated carbocycles. The molecule has 3 aromatic rings. The summed E-state index contributed by atoms with van der Waals surface area (Å²) < 4.78 is 1.98. The van der Waals surface area contributed by atoms with Crippen LogP contribution in [0.4, 0.5) is 5.69 Å².